The minimum absolute atomic E-state index is 0.379. The summed E-state index contributed by atoms with van der Waals surface area (Å²) in [5.41, 5.74) is 6.81. The zero-order valence-corrected chi connectivity index (χ0v) is 9.42. The Kier molecular flexibility index (Phi) is 2.54. The molecule has 0 fully saturated rings. The molecule has 0 radical (unpaired) electrons. The molecule has 0 aliphatic carbocycles. The van der Waals surface area contributed by atoms with E-state index in [-0.39, 0.29) is 0 Å². The van der Waals surface area contributed by atoms with Crippen LogP contribution in [0.2, 0.25) is 10.0 Å². The van der Waals surface area contributed by atoms with E-state index < -0.39 is 0 Å². The van der Waals surface area contributed by atoms with Crippen molar-refractivity contribution in [3.8, 4) is 11.4 Å². The average Bonchev–Trinajstić information content (AvgIpc) is 2.60. The lowest BCUT2D eigenvalue weighted by atomic mass is 10.2. The van der Waals surface area contributed by atoms with Gasteiger partial charge in [0, 0.05) is 12.6 Å². The summed E-state index contributed by atoms with van der Waals surface area (Å²) in [6, 6.07) is 3.43. The summed E-state index contributed by atoms with van der Waals surface area (Å²) in [6.45, 7) is 0. The van der Waals surface area contributed by atoms with E-state index in [1.165, 1.54) is 0 Å². The van der Waals surface area contributed by atoms with Gasteiger partial charge >= 0.3 is 0 Å². The summed E-state index contributed by atoms with van der Waals surface area (Å²) in [5.74, 6) is 0.693. The highest BCUT2D eigenvalue weighted by Crippen LogP contribution is 2.32. The lowest BCUT2D eigenvalue weighted by Crippen LogP contribution is -1.94. The van der Waals surface area contributed by atoms with Crippen LogP contribution >= 0.6 is 23.2 Å². The maximum atomic E-state index is 5.92. The lowest BCUT2D eigenvalue weighted by molar-refractivity contribution is 0.920. The molecule has 0 aliphatic heterocycles. The van der Waals surface area contributed by atoms with Crippen molar-refractivity contribution in [1.29, 1.82) is 0 Å². The van der Waals surface area contributed by atoms with Crippen LogP contribution in [0, 0.1) is 0 Å². The van der Waals surface area contributed by atoms with Crippen LogP contribution < -0.4 is 5.73 Å². The third kappa shape index (κ3) is 1.78. The molecule has 6 heteroatoms. The van der Waals surface area contributed by atoms with Crippen molar-refractivity contribution >= 4 is 28.9 Å². The molecule has 0 bridgehead atoms. The predicted octanol–water partition coefficient (Wildman–Crippen LogP) is 2.37. The number of benzene rings is 1. The van der Waals surface area contributed by atoms with Gasteiger partial charge in [-0.15, -0.1) is 10.2 Å². The summed E-state index contributed by atoms with van der Waals surface area (Å²) in [7, 11) is 1.84. The monoisotopic (exact) mass is 242 g/mol. The Balaban J connectivity index is 2.60. The average molecular weight is 243 g/mol. The van der Waals surface area contributed by atoms with Gasteiger partial charge in [-0.2, -0.15) is 0 Å². The van der Waals surface area contributed by atoms with Gasteiger partial charge in [-0.05, 0) is 12.1 Å². The molecule has 1 aromatic heterocycles. The van der Waals surface area contributed by atoms with Gasteiger partial charge in [0.05, 0.1) is 15.7 Å². The number of aryl methyl sites for hydroxylation is 1. The second-order valence-electron chi connectivity index (χ2n) is 3.12. The summed E-state index contributed by atoms with van der Waals surface area (Å²) in [4.78, 5) is 0. The SMILES string of the molecule is Cn1cnnc1-c1cc(Cl)c(N)c(Cl)c1. The van der Waals surface area contributed by atoms with Crippen molar-refractivity contribution in [2.24, 2.45) is 7.05 Å². The van der Waals surface area contributed by atoms with Gasteiger partial charge < -0.3 is 10.3 Å². The molecule has 15 heavy (non-hydrogen) atoms. The van der Waals surface area contributed by atoms with Gasteiger partial charge in [0.2, 0.25) is 0 Å². The molecule has 0 amide bonds. The number of aromatic nitrogens is 3. The first-order valence-electron chi connectivity index (χ1n) is 4.18. The van der Waals surface area contributed by atoms with Crippen LogP contribution in [-0.2, 0) is 7.05 Å². The van der Waals surface area contributed by atoms with Crippen LogP contribution in [-0.4, -0.2) is 14.8 Å². The fourth-order valence-electron chi connectivity index (χ4n) is 1.26. The number of hydrogen-bond acceptors (Lipinski definition) is 3. The fourth-order valence-corrected chi connectivity index (χ4v) is 1.75. The molecule has 2 aromatic rings. The normalized spacial score (nSPS) is 10.6. The topological polar surface area (TPSA) is 56.7 Å². The van der Waals surface area contributed by atoms with Crippen molar-refractivity contribution in [2.45, 2.75) is 0 Å². The van der Waals surface area contributed by atoms with E-state index in [4.69, 9.17) is 28.9 Å². The van der Waals surface area contributed by atoms with E-state index >= 15 is 0 Å². The number of halogens is 2. The Morgan fingerprint density at radius 2 is 1.87 bits per heavy atom. The highest BCUT2D eigenvalue weighted by molar-refractivity contribution is 6.39. The minimum Gasteiger partial charge on any atom is -0.396 e. The molecule has 1 aromatic carbocycles. The summed E-state index contributed by atoms with van der Waals surface area (Å²) in [5, 5.41) is 8.56. The Hall–Kier alpha value is -1.26. The first kappa shape index (κ1) is 10.3. The van der Waals surface area contributed by atoms with Crippen molar-refractivity contribution in [1.82, 2.24) is 14.8 Å². The molecule has 0 saturated heterocycles. The second kappa shape index (κ2) is 3.72. The van der Waals surface area contributed by atoms with E-state index in [2.05, 4.69) is 10.2 Å². The molecule has 78 valence electrons. The standard InChI is InChI=1S/C9H8Cl2N4/c1-15-4-13-14-9(15)5-2-6(10)8(12)7(11)3-5/h2-4H,12H2,1H3. The Bertz CT molecular complexity index is 484. The van der Waals surface area contributed by atoms with Gasteiger partial charge in [0.1, 0.15) is 6.33 Å². The highest BCUT2D eigenvalue weighted by Gasteiger charge is 2.09. The van der Waals surface area contributed by atoms with Gasteiger partial charge in [-0.3, -0.25) is 0 Å². The predicted molar refractivity (Wildman–Crippen MR) is 60.9 cm³/mol. The van der Waals surface area contributed by atoms with Crippen molar-refractivity contribution in [2.75, 3.05) is 5.73 Å². The summed E-state index contributed by atoms with van der Waals surface area (Å²) in [6.07, 6.45) is 1.60. The molecular formula is C9H8Cl2N4. The Morgan fingerprint density at radius 3 is 2.33 bits per heavy atom. The molecule has 0 aliphatic rings. The second-order valence-corrected chi connectivity index (χ2v) is 3.93. The van der Waals surface area contributed by atoms with Crippen LogP contribution in [0.5, 0.6) is 0 Å². The van der Waals surface area contributed by atoms with Crippen LogP contribution in [0.15, 0.2) is 18.5 Å². The van der Waals surface area contributed by atoms with E-state index in [1.54, 1.807) is 23.0 Å². The van der Waals surface area contributed by atoms with Gasteiger partial charge in [0.15, 0.2) is 5.82 Å². The quantitative estimate of drug-likeness (QED) is 0.782. The molecule has 0 unspecified atom stereocenters. The van der Waals surface area contributed by atoms with Crippen molar-refractivity contribution in [3.05, 3.63) is 28.5 Å². The van der Waals surface area contributed by atoms with Crippen LogP contribution in [0.1, 0.15) is 0 Å². The molecular weight excluding hydrogens is 235 g/mol. The Labute approximate surface area is 96.6 Å². The number of rotatable bonds is 1. The largest absolute Gasteiger partial charge is 0.396 e. The fraction of sp³-hybridized carbons (Fsp3) is 0.111. The smallest absolute Gasteiger partial charge is 0.163 e. The van der Waals surface area contributed by atoms with Crippen LogP contribution in [0.4, 0.5) is 5.69 Å². The van der Waals surface area contributed by atoms with Crippen LogP contribution in [0.3, 0.4) is 0 Å². The first-order valence-corrected chi connectivity index (χ1v) is 4.94. The zero-order valence-electron chi connectivity index (χ0n) is 7.91. The molecule has 0 atom stereocenters. The number of nitrogens with zero attached hydrogens (tertiary/aromatic N) is 3. The first-order chi connectivity index (χ1) is 7.09. The summed E-state index contributed by atoms with van der Waals surface area (Å²) >= 11 is 11.8. The highest BCUT2D eigenvalue weighted by atomic mass is 35.5. The zero-order chi connectivity index (χ0) is 11.0. The Morgan fingerprint density at radius 1 is 1.27 bits per heavy atom. The molecule has 1 heterocycles. The molecule has 0 saturated carbocycles. The van der Waals surface area contributed by atoms with Crippen LogP contribution in [0.25, 0.3) is 11.4 Å². The number of anilines is 1. The lowest BCUT2D eigenvalue weighted by Gasteiger charge is -2.05. The third-order valence-corrected chi connectivity index (χ3v) is 2.67. The van der Waals surface area contributed by atoms with Gasteiger partial charge in [-0.25, -0.2) is 0 Å². The number of nitrogen functional groups attached to an aromatic ring is 1. The summed E-state index contributed by atoms with van der Waals surface area (Å²) < 4.78 is 1.78. The van der Waals surface area contributed by atoms with E-state index in [0.29, 0.717) is 21.6 Å². The molecule has 2 N–H and O–H groups in total. The number of hydrogen-bond donors (Lipinski definition) is 1. The maximum Gasteiger partial charge on any atom is 0.163 e. The number of nitrogens with two attached hydrogens (primary N) is 1. The van der Waals surface area contributed by atoms with Crippen molar-refractivity contribution < 1.29 is 0 Å². The van der Waals surface area contributed by atoms with E-state index in [0.717, 1.165) is 5.56 Å². The van der Waals surface area contributed by atoms with E-state index in [1.807, 2.05) is 7.05 Å². The molecule has 4 nitrogen and oxygen atoms in total. The van der Waals surface area contributed by atoms with E-state index in [9.17, 15) is 0 Å². The molecule has 2 rings (SSSR count). The maximum absolute atomic E-state index is 5.92. The minimum atomic E-state index is 0.379. The van der Waals surface area contributed by atoms with Gasteiger partial charge in [0.25, 0.3) is 0 Å². The van der Waals surface area contributed by atoms with Crippen molar-refractivity contribution in [3.63, 3.8) is 0 Å². The van der Waals surface area contributed by atoms with Gasteiger partial charge in [-0.1, -0.05) is 23.2 Å². The third-order valence-electron chi connectivity index (χ3n) is 2.05. The molecule has 0 spiro atoms.